The zero-order valence-electron chi connectivity index (χ0n) is 16.0. The van der Waals surface area contributed by atoms with E-state index >= 15 is 0 Å². The topological polar surface area (TPSA) is 91.0 Å². The van der Waals surface area contributed by atoms with Gasteiger partial charge in [0, 0.05) is 49.2 Å². The number of aromatic amines is 1. The fourth-order valence-electron chi connectivity index (χ4n) is 3.55. The van der Waals surface area contributed by atoms with Crippen LogP contribution in [-0.2, 0) is 24.2 Å². The van der Waals surface area contributed by atoms with Crippen molar-refractivity contribution in [2.24, 2.45) is 0 Å². The van der Waals surface area contributed by atoms with Crippen molar-refractivity contribution in [3.63, 3.8) is 0 Å². The van der Waals surface area contributed by atoms with E-state index in [0.29, 0.717) is 23.5 Å². The van der Waals surface area contributed by atoms with Crippen LogP contribution >= 0.6 is 0 Å². The van der Waals surface area contributed by atoms with Crippen LogP contribution < -0.4 is 10.9 Å². The van der Waals surface area contributed by atoms with Gasteiger partial charge in [-0.05, 0) is 37.9 Å². The molecular weight excluding hydrogens is 342 g/mol. The minimum absolute atomic E-state index is 0.0667. The summed E-state index contributed by atoms with van der Waals surface area (Å²) in [4.78, 5) is 38.3. The first-order valence-electron chi connectivity index (χ1n) is 9.54. The van der Waals surface area contributed by atoms with Crippen molar-refractivity contribution < 1.29 is 4.79 Å². The Labute approximate surface area is 159 Å². The van der Waals surface area contributed by atoms with Crippen molar-refractivity contribution in [1.29, 1.82) is 0 Å². The Kier molecular flexibility index (Phi) is 6.34. The third kappa shape index (κ3) is 5.23. The highest BCUT2D eigenvalue weighted by Crippen LogP contribution is 2.13. The fraction of sp³-hybridized carbons (Fsp3) is 0.500. The molecular formula is C20H27N5O2. The number of hydrogen-bond donors (Lipinski definition) is 2. The molecule has 0 saturated carbocycles. The number of carbonyl (C=O) groups excluding carboxylic acids is 1. The second-order valence-electron chi connectivity index (χ2n) is 7.11. The predicted molar refractivity (Wildman–Crippen MR) is 103 cm³/mol. The summed E-state index contributed by atoms with van der Waals surface area (Å²) >= 11 is 0. The lowest BCUT2D eigenvalue weighted by Crippen LogP contribution is -2.48. The molecule has 27 heavy (non-hydrogen) atoms. The van der Waals surface area contributed by atoms with Crippen molar-refractivity contribution in [2.75, 3.05) is 13.1 Å². The third-order valence-corrected chi connectivity index (χ3v) is 4.94. The molecule has 1 aliphatic heterocycles. The summed E-state index contributed by atoms with van der Waals surface area (Å²) in [5.41, 5.74) is 2.05. The van der Waals surface area contributed by atoms with Gasteiger partial charge in [0.1, 0.15) is 5.82 Å². The maximum absolute atomic E-state index is 12.5. The maximum atomic E-state index is 12.5. The summed E-state index contributed by atoms with van der Waals surface area (Å²) in [5, 5.41) is 3.09. The number of H-pyrrole nitrogens is 1. The van der Waals surface area contributed by atoms with Gasteiger partial charge in [-0.25, -0.2) is 4.98 Å². The molecule has 0 unspecified atom stereocenters. The molecule has 0 aliphatic carbocycles. The number of hydrogen-bond acceptors (Lipinski definition) is 5. The lowest BCUT2D eigenvalue weighted by Gasteiger charge is -2.33. The second kappa shape index (κ2) is 8.90. The van der Waals surface area contributed by atoms with Gasteiger partial charge in [-0.3, -0.25) is 19.5 Å². The van der Waals surface area contributed by atoms with E-state index in [0.717, 1.165) is 32.5 Å². The second-order valence-corrected chi connectivity index (χ2v) is 7.11. The van der Waals surface area contributed by atoms with Crippen molar-refractivity contribution in [2.45, 2.75) is 52.1 Å². The number of piperidine rings is 1. The van der Waals surface area contributed by atoms with Gasteiger partial charge < -0.3 is 10.3 Å². The Bertz CT molecular complexity index is 834. The average molecular weight is 369 g/mol. The summed E-state index contributed by atoms with van der Waals surface area (Å²) in [7, 11) is 0. The van der Waals surface area contributed by atoms with Crippen LogP contribution in [0, 0.1) is 6.92 Å². The molecule has 2 N–H and O–H groups in total. The SMILES string of the molecule is CCc1nc(C)c(CC(=O)N[C@@H]2CCCN(Cc3cccnc3)C2)c(=O)[nH]1. The Morgan fingerprint density at radius 1 is 1.44 bits per heavy atom. The van der Waals surface area contributed by atoms with Crippen LogP contribution in [0.2, 0.25) is 0 Å². The number of likely N-dealkylation sites (tertiary alicyclic amines) is 1. The maximum Gasteiger partial charge on any atom is 0.254 e. The Morgan fingerprint density at radius 3 is 3.00 bits per heavy atom. The molecule has 3 heterocycles. The summed E-state index contributed by atoms with van der Waals surface area (Å²) < 4.78 is 0. The van der Waals surface area contributed by atoms with Crippen LogP contribution in [-0.4, -0.2) is 44.9 Å². The highest BCUT2D eigenvalue weighted by Gasteiger charge is 2.22. The lowest BCUT2D eigenvalue weighted by atomic mass is 10.0. The minimum atomic E-state index is -0.212. The fourth-order valence-corrected chi connectivity index (χ4v) is 3.55. The number of aromatic nitrogens is 3. The van der Waals surface area contributed by atoms with E-state index < -0.39 is 0 Å². The summed E-state index contributed by atoms with van der Waals surface area (Å²) in [6.07, 6.45) is 6.38. The first-order chi connectivity index (χ1) is 13.0. The summed E-state index contributed by atoms with van der Waals surface area (Å²) in [6.45, 7) is 6.38. The van der Waals surface area contributed by atoms with Gasteiger partial charge in [0.15, 0.2) is 0 Å². The Hall–Kier alpha value is -2.54. The third-order valence-electron chi connectivity index (χ3n) is 4.94. The van der Waals surface area contributed by atoms with Crippen molar-refractivity contribution in [3.05, 3.63) is 57.5 Å². The van der Waals surface area contributed by atoms with Crippen molar-refractivity contribution in [3.8, 4) is 0 Å². The van der Waals surface area contributed by atoms with Crippen LogP contribution in [0.4, 0.5) is 0 Å². The van der Waals surface area contributed by atoms with Gasteiger partial charge in [0.05, 0.1) is 6.42 Å². The van der Waals surface area contributed by atoms with Gasteiger partial charge in [-0.1, -0.05) is 13.0 Å². The zero-order valence-corrected chi connectivity index (χ0v) is 16.0. The Balaban J connectivity index is 1.57. The van der Waals surface area contributed by atoms with Crippen molar-refractivity contribution >= 4 is 5.91 Å². The predicted octanol–water partition coefficient (Wildman–Crippen LogP) is 1.36. The normalized spacial score (nSPS) is 17.6. The van der Waals surface area contributed by atoms with E-state index in [4.69, 9.17) is 0 Å². The summed E-state index contributed by atoms with van der Waals surface area (Å²) in [6, 6.07) is 4.11. The van der Waals surface area contributed by atoms with E-state index in [1.807, 2.05) is 19.2 Å². The number of nitrogens with zero attached hydrogens (tertiary/aromatic N) is 3. The largest absolute Gasteiger partial charge is 0.352 e. The smallest absolute Gasteiger partial charge is 0.254 e. The van der Waals surface area contributed by atoms with Crippen LogP contribution in [0.1, 0.15) is 42.4 Å². The van der Waals surface area contributed by atoms with Gasteiger partial charge in [0.25, 0.3) is 5.56 Å². The number of nitrogens with one attached hydrogen (secondary N) is 2. The monoisotopic (exact) mass is 369 g/mol. The van der Waals surface area contributed by atoms with Crippen LogP contribution in [0.25, 0.3) is 0 Å². The molecule has 0 radical (unpaired) electrons. The van der Waals surface area contributed by atoms with Gasteiger partial charge in [-0.15, -0.1) is 0 Å². The molecule has 1 aliphatic rings. The van der Waals surface area contributed by atoms with Crippen LogP contribution in [0.3, 0.4) is 0 Å². The van der Waals surface area contributed by atoms with Crippen LogP contribution in [0.5, 0.6) is 0 Å². The molecule has 1 atom stereocenters. The standard InChI is InChI=1S/C20H27N5O2/c1-3-18-22-14(2)17(20(27)24-18)10-19(26)23-16-7-5-9-25(13-16)12-15-6-4-8-21-11-15/h4,6,8,11,16H,3,5,7,9-10,12-13H2,1-2H3,(H,23,26)(H,22,24,27)/t16-/m1/s1. The highest BCUT2D eigenvalue weighted by molar-refractivity contribution is 5.79. The molecule has 3 rings (SSSR count). The minimum Gasteiger partial charge on any atom is -0.352 e. The number of rotatable bonds is 6. The van der Waals surface area contributed by atoms with E-state index in [9.17, 15) is 9.59 Å². The summed E-state index contributed by atoms with van der Waals surface area (Å²) in [5.74, 6) is 0.530. The molecule has 0 aromatic carbocycles. The first kappa shape index (κ1) is 19.2. The van der Waals surface area contributed by atoms with E-state index in [-0.39, 0.29) is 23.9 Å². The zero-order chi connectivity index (χ0) is 19.2. The molecule has 1 saturated heterocycles. The number of aryl methyl sites for hydroxylation is 2. The van der Waals surface area contributed by atoms with E-state index in [1.165, 1.54) is 5.56 Å². The lowest BCUT2D eigenvalue weighted by molar-refractivity contribution is -0.121. The molecule has 0 spiro atoms. The molecule has 144 valence electrons. The molecule has 1 amide bonds. The number of carbonyl (C=O) groups is 1. The Morgan fingerprint density at radius 2 is 2.30 bits per heavy atom. The molecule has 7 nitrogen and oxygen atoms in total. The quantitative estimate of drug-likeness (QED) is 0.802. The molecule has 1 fully saturated rings. The van der Waals surface area contributed by atoms with Gasteiger partial charge in [-0.2, -0.15) is 0 Å². The molecule has 7 heteroatoms. The van der Waals surface area contributed by atoms with Gasteiger partial charge >= 0.3 is 0 Å². The number of amides is 1. The van der Waals surface area contributed by atoms with Crippen molar-refractivity contribution in [1.82, 2.24) is 25.2 Å². The molecule has 2 aromatic heterocycles. The van der Waals surface area contributed by atoms with E-state index in [2.05, 4.69) is 31.2 Å². The van der Waals surface area contributed by atoms with Crippen LogP contribution in [0.15, 0.2) is 29.3 Å². The first-order valence-corrected chi connectivity index (χ1v) is 9.54. The number of pyridine rings is 1. The molecule has 0 bridgehead atoms. The highest BCUT2D eigenvalue weighted by atomic mass is 16.2. The van der Waals surface area contributed by atoms with Gasteiger partial charge in [0.2, 0.25) is 5.91 Å². The van der Waals surface area contributed by atoms with E-state index in [1.54, 1.807) is 13.1 Å². The average Bonchev–Trinajstić information content (AvgIpc) is 2.65. The molecule has 2 aromatic rings.